The Hall–Kier alpha value is -2.72. The van der Waals surface area contributed by atoms with E-state index in [1.807, 2.05) is 0 Å². The van der Waals surface area contributed by atoms with E-state index in [0.29, 0.717) is 5.75 Å². The number of carbonyl (C=O) groups is 1. The summed E-state index contributed by atoms with van der Waals surface area (Å²) in [5.74, 6) is -1.80. The molecule has 0 unspecified atom stereocenters. The number of carbonyl (C=O) groups excluding carboxylic acids is 1. The van der Waals surface area contributed by atoms with Crippen LogP contribution < -0.4 is 15.4 Å². The molecule has 0 aliphatic carbocycles. The van der Waals surface area contributed by atoms with E-state index in [-0.39, 0.29) is 22.8 Å². The second-order valence-electron chi connectivity index (χ2n) is 5.68. The number of ether oxygens (including phenoxy) is 1. The molecule has 0 saturated carbocycles. The standard InChI is InChI=1S/C17H19F2N3O4S/c1-22(2)27(24,25)12-5-7-16(26-3)15(9-12)20-10-17(23)21-14-8-11(18)4-6-13(14)19/h4-9,20H,10H2,1-3H3,(H,21,23). The summed E-state index contributed by atoms with van der Waals surface area (Å²) in [7, 11) is 0.509. The van der Waals surface area contributed by atoms with Gasteiger partial charge in [0, 0.05) is 20.2 Å². The molecular formula is C17H19F2N3O4S. The third-order valence-electron chi connectivity index (χ3n) is 3.59. The number of hydrogen-bond donors (Lipinski definition) is 2. The van der Waals surface area contributed by atoms with Crippen molar-refractivity contribution in [3.8, 4) is 5.75 Å². The molecule has 0 heterocycles. The van der Waals surface area contributed by atoms with Crippen LogP contribution in [-0.4, -0.2) is 46.4 Å². The second-order valence-corrected chi connectivity index (χ2v) is 7.83. The van der Waals surface area contributed by atoms with Gasteiger partial charge in [-0.25, -0.2) is 21.5 Å². The average Bonchev–Trinajstić information content (AvgIpc) is 2.62. The quantitative estimate of drug-likeness (QED) is 0.746. The van der Waals surface area contributed by atoms with Crippen LogP contribution in [0.2, 0.25) is 0 Å². The maximum atomic E-state index is 13.6. The summed E-state index contributed by atoms with van der Waals surface area (Å²) in [6.45, 7) is -0.322. The number of methoxy groups -OCH3 is 1. The van der Waals surface area contributed by atoms with Crippen molar-refractivity contribution in [1.29, 1.82) is 0 Å². The van der Waals surface area contributed by atoms with Crippen LogP contribution in [-0.2, 0) is 14.8 Å². The molecule has 0 fully saturated rings. The number of halogens is 2. The molecule has 10 heteroatoms. The van der Waals surface area contributed by atoms with Crippen LogP contribution in [0.15, 0.2) is 41.3 Å². The molecule has 7 nitrogen and oxygen atoms in total. The molecule has 0 radical (unpaired) electrons. The van der Waals surface area contributed by atoms with Crippen LogP contribution >= 0.6 is 0 Å². The summed E-state index contributed by atoms with van der Waals surface area (Å²) in [4.78, 5) is 12.0. The maximum Gasteiger partial charge on any atom is 0.243 e. The van der Waals surface area contributed by atoms with Crippen molar-refractivity contribution in [2.75, 3.05) is 38.4 Å². The monoisotopic (exact) mass is 399 g/mol. The zero-order valence-corrected chi connectivity index (χ0v) is 15.7. The summed E-state index contributed by atoms with van der Waals surface area (Å²) in [5, 5.41) is 4.97. The Bertz CT molecular complexity index is 949. The van der Waals surface area contributed by atoms with Crippen LogP contribution in [0.3, 0.4) is 0 Å². The van der Waals surface area contributed by atoms with Gasteiger partial charge in [0.2, 0.25) is 15.9 Å². The van der Waals surface area contributed by atoms with E-state index in [1.54, 1.807) is 0 Å². The highest BCUT2D eigenvalue weighted by Gasteiger charge is 2.19. The van der Waals surface area contributed by atoms with Crippen molar-refractivity contribution in [2.45, 2.75) is 4.90 Å². The molecular weight excluding hydrogens is 380 g/mol. The predicted octanol–water partition coefficient (Wildman–Crippen LogP) is 2.27. The first kappa shape index (κ1) is 20.6. The third kappa shape index (κ3) is 4.92. The van der Waals surface area contributed by atoms with E-state index in [4.69, 9.17) is 4.74 Å². The molecule has 1 amide bonds. The number of nitrogens with one attached hydrogen (secondary N) is 2. The molecule has 2 N–H and O–H groups in total. The van der Waals surface area contributed by atoms with Crippen molar-refractivity contribution >= 4 is 27.3 Å². The van der Waals surface area contributed by atoms with E-state index in [1.165, 1.54) is 39.4 Å². The molecule has 0 bridgehead atoms. The Balaban J connectivity index is 2.16. The largest absolute Gasteiger partial charge is 0.495 e. The number of anilines is 2. The van der Waals surface area contributed by atoms with Crippen molar-refractivity contribution in [1.82, 2.24) is 4.31 Å². The van der Waals surface area contributed by atoms with Crippen molar-refractivity contribution in [3.05, 3.63) is 48.0 Å². The minimum Gasteiger partial charge on any atom is -0.495 e. The highest BCUT2D eigenvalue weighted by Crippen LogP contribution is 2.28. The predicted molar refractivity (Wildman–Crippen MR) is 97.3 cm³/mol. The SMILES string of the molecule is COc1ccc(S(=O)(=O)N(C)C)cc1NCC(=O)Nc1cc(F)ccc1F. The van der Waals surface area contributed by atoms with Crippen LogP contribution in [0.4, 0.5) is 20.2 Å². The van der Waals surface area contributed by atoms with E-state index < -0.39 is 27.6 Å². The number of sulfonamides is 1. The first-order valence-corrected chi connectivity index (χ1v) is 9.18. The summed E-state index contributed by atoms with van der Waals surface area (Å²) < 4.78 is 57.4. The van der Waals surface area contributed by atoms with Crippen LogP contribution in [0.5, 0.6) is 5.75 Å². The fourth-order valence-electron chi connectivity index (χ4n) is 2.16. The summed E-state index contributed by atoms with van der Waals surface area (Å²) >= 11 is 0. The van der Waals surface area contributed by atoms with Crippen molar-refractivity contribution in [3.63, 3.8) is 0 Å². The smallest absolute Gasteiger partial charge is 0.243 e. The van der Waals surface area contributed by atoms with Crippen molar-refractivity contribution in [2.24, 2.45) is 0 Å². The minimum absolute atomic E-state index is 0.00684. The lowest BCUT2D eigenvalue weighted by Crippen LogP contribution is -2.24. The minimum atomic E-state index is -3.68. The molecule has 2 rings (SSSR count). The van der Waals surface area contributed by atoms with Gasteiger partial charge in [-0.15, -0.1) is 0 Å². The fraction of sp³-hybridized carbons (Fsp3) is 0.235. The highest BCUT2D eigenvalue weighted by molar-refractivity contribution is 7.89. The van der Waals surface area contributed by atoms with Gasteiger partial charge in [-0.2, -0.15) is 0 Å². The second kappa shape index (κ2) is 8.31. The van der Waals surface area contributed by atoms with E-state index in [9.17, 15) is 22.0 Å². The first-order valence-electron chi connectivity index (χ1n) is 7.74. The maximum absolute atomic E-state index is 13.6. The number of rotatable bonds is 7. The molecule has 0 aromatic heterocycles. The fourth-order valence-corrected chi connectivity index (χ4v) is 3.09. The Labute approximate surface area is 156 Å². The Morgan fingerprint density at radius 1 is 1.11 bits per heavy atom. The number of hydrogen-bond acceptors (Lipinski definition) is 5. The van der Waals surface area contributed by atoms with Gasteiger partial charge in [0.05, 0.1) is 29.9 Å². The van der Waals surface area contributed by atoms with Crippen LogP contribution in [0, 0.1) is 11.6 Å². The molecule has 27 heavy (non-hydrogen) atoms. The van der Waals surface area contributed by atoms with Gasteiger partial charge in [0.1, 0.15) is 17.4 Å². The lowest BCUT2D eigenvalue weighted by atomic mass is 10.2. The molecule has 0 saturated heterocycles. The molecule has 2 aromatic rings. The number of amides is 1. The zero-order chi connectivity index (χ0) is 20.2. The van der Waals surface area contributed by atoms with E-state index >= 15 is 0 Å². The van der Waals surface area contributed by atoms with Gasteiger partial charge in [-0.05, 0) is 30.3 Å². The lowest BCUT2D eigenvalue weighted by Gasteiger charge is -2.15. The van der Waals surface area contributed by atoms with Crippen molar-refractivity contribution < 1.29 is 26.7 Å². The van der Waals surface area contributed by atoms with Gasteiger partial charge >= 0.3 is 0 Å². The van der Waals surface area contributed by atoms with E-state index in [0.717, 1.165) is 22.5 Å². The lowest BCUT2D eigenvalue weighted by molar-refractivity contribution is -0.114. The zero-order valence-electron chi connectivity index (χ0n) is 14.9. The normalized spacial score (nSPS) is 11.3. The average molecular weight is 399 g/mol. The molecule has 2 aromatic carbocycles. The summed E-state index contributed by atoms with van der Waals surface area (Å²) in [5.41, 5.74) is -0.0343. The van der Waals surface area contributed by atoms with E-state index in [2.05, 4.69) is 10.6 Å². The van der Waals surface area contributed by atoms with Gasteiger partial charge in [0.25, 0.3) is 0 Å². The number of benzene rings is 2. The molecule has 0 spiro atoms. The van der Waals surface area contributed by atoms with Gasteiger partial charge < -0.3 is 15.4 Å². The van der Waals surface area contributed by atoms with Crippen LogP contribution in [0.25, 0.3) is 0 Å². The Morgan fingerprint density at radius 2 is 1.81 bits per heavy atom. The topological polar surface area (TPSA) is 87.7 Å². The summed E-state index contributed by atoms with van der Waals surface area (Å²) in [6.07, 6.45) is 0. The third-order valence-corrected chi connectivity index (χ3v) is 5.40. The molecule has 0 aliphatic rings. The summed E-state index contributed by atoms with van der Waals surface area (Å²) in [6, 6.07) is 6.84. The number of nitrogens with zero attached hydrogens (tertiary/aromatic N) is 1. The molecule has 0 aliphatic heterocycles. The van der Waals surface area contributed by atoms with Gasteiger partial charge in [-0.3, -0.25) is 4.79 Å². The Kier molecular flexibility index (Phi) is 6.34. The highest BCUT2D eigenvalue weighted by atomic mass is 32.2. The first-order chi connectivity index (χ1) is 12.6. The van der Waals surface area contributed by atoms with Crippen LogP contribution in [0.1, 0.15) is 0 Å². The molecule has 146 valence electrons. The van der Waals surface area contributed by atoms with Gasteiger partial charge in [0.15, 0.2) is 0 Å². The molecule has 0 atom stereocenters. The van der Waals surface area contributed by atoms with Gasteiger partial charge in [-0.1, -0.05) is 0 Å². The Morgan fingerprint density at radius 3 is 2.44 bits per heavy atom.